The zero-order chi connectivity index (χ0) is 14.7. The first-order chi connectivity index (χ1) is 9.49. The number of carbonyl (C=O) groups is 2. The lowest BCUT2D eigenvalue weighted by atomic mass is 10.1. The van der Waals surface area contributed by atoms with Gasteiger partial charge in [-0.15, -0.1) is 5.10 Å². The molecule has 2 aromatic rings. The third-order valence-corrected chi connectivity index (χ3v) is 2.53. The lowest BCUT2D eigenvalue weighted by Gasteiger charge is -2.18. The van der Waals surface area contributed by atoms with Crippen molar-refractivity contribution in [3.8, 4) is 0 Å². The number of carboxylic acids is 1. The number of anilines is 2. The van der Waals surface area contributed by atoms with E-state index in [9.17, 15) is 9.59 Å². The van der Waals surface area contributed by atoms with Gasteiger partial charge in [-0.05, 0) is 17.3 Å². The van der Waals surface area contributed by atoms with Crippen LogP contribution in [-0.2, 0) is 7.05 Å². The summed E-state index contributed by atoms with van der Waals surface area (Å²) in [7, 11) is 3.01. The number of urea groups is 1. The lowest BCUT2D eigenvalue weighted by molar-refractivity contribution is 0.0697. The van der Waals surface area contributed by atoms with Crippen molar-refractivity contribution >= 4 is 23.6 Å². The van der Waals surface area contributed by atoms with E-state index in [1.165, 1.54) is 28.9 Å². The van der Waals surface area contributed by atoms with Crippen LogP contribution in [0.4, 0.5) is 16.4 Å². The molecule has 0 bridgehead atoms. The molecule has 0 spiro atoms. The molecule has 2 amide bonds. The van der Waals surface area contributed by atoms with Crippen molar-refractivity contribution in [2.24, 2.45) is 7.05 Å². The number of carbonyl (C=O) groups excluding carboxylic acids is 1. The van der Waals surface area contributed by atoms with E-state index in [1.54, 1.807) is 19.2 Å². The van der Waals surface area contributed by atoms with Crippen molar-refractivity contribution in [2.75, 3.05) is 17.3 Å². The van der Waals surface area contributed by atoms with E-state index in [-0.39, 0.29) is 17.2 Å². The lowest BCUT2D eigenvalue weighted by Crippen LogP contribution is -2.32. The molecule has 0 saturated heterocycles. The molecule has 0 radical (unpaired) electrons. The van der Waals surface area contributed by atoms with Crippen molar-refractivity contribution in [1.29, 1.82) is 0 Å². The van der Waals surface area contributed by atoms with Gasteiger partial charge < -0.3 is 5.11 Å². The number of carboxylic acid groups (broad SMARTS) is 1. The normalized spacial score (nSPS) is 10.1. The maximum absolute atomic E-state index is 12.0. The molecular weight excluding hydrogens is 264 g/mol. The molecule has 1 aromatic carbocycles. The molecule has 0 atom stereocenters. The van der Waals surface area contributed by atoms with Gasteiger partial charge in [0.2, 0.25) is 0 Å². The molecule has 0 aliphatic heterocycles. The number of para-hydroxylation sites is 1. The Hall–Kier alpha value is -2.97. The molecule has 9 nitrogen and oxygen atoms in total. The highest BCUT2D eigenvalue weighted by Gasteiger charge is 2.18. The molecule has 9 heteroatoms. The average molecular weight is 276 g/mol. The third-order valence-electron chi connectivity index (χ3n) is 2.53. The van der Waals surface area contributed by atoms with E-state index in [4.69, 9.17) is 5.11 Å². The summed E-state index contributed by atoms with van der Waals surface area (Å²) in [5.41, 5.74) is 0.290. The van der Waals surface area contributed by atoms with Crippen LogP contribution < -0.4 is 10.2 Å². The van der Waals surface area contributed by atoms with Crippen LogP contribution in [-0.4, -0.2) is 44.4 Å². The molecule has 20 heavy (non-hydrogen) atoms. The number of nitrogens with zero attached hydrogens (tertiary/aromatic N) is 5. The number of tetrazole rings is 1. The van der Waals surface area contributed by atoms with Crippen molar-refractivity contribution in [3.63, 3.8) is 0 Å². The van der Waals surface area contributed by atoms with Crippen LogP contribution in [0.5, 0.6) is 0 Å². The minimum atomic E-state index is -1.11. The van der Waals surface area contributed by atoms with Gasteiger partial charge in [0.15, 0.2) is 0 Å². The van der Waals surface area contributed by atoms with Gasteiger partial charge in [-0.25, -0.2) is 9.59 Å². The van der Waals surface area contributed by atoms with Crippen molar-refractivity contribution in [3.05, 3.63) is 29.8 Å². The van der Waals surface area contributed by atoms with E-state index in [2.05, 4.69) is 20.7 Å². The summed E-state index contributed by atoms with van der Waals surface area (Å²) in [6.07, 6.45) is 0. The Labute approximate surface area is 113 Å². The Balaban J connectivity index is 2.20. The number of aromatic nitrogens is 4. The number of hydrogen-bond donors (Lipinski definition) is 2. The summed E-state index contributed by atoms with van der Waals surface area (Å²) in [4.78, 5) is 25.5. The Morgan fingerprint density at radius 1 is 1.35 bits per heavy atom. The van der Waals surface area contributed by atoms with Gasteiger partial charge in [-0.2, -0.15) is 4.80 Å². The SMILES string of the molecule is CN(C(=O)Nc1nnn(C)n1)c1ccccc1C(=O)O. The number of benzene rings is 1. The van der Waals surface area contributed by atoms with Gasteiger partial charge >= 0.3 is 12.0 Å². The Morgan fingerprint density at radius 2 is 2.05 bits per heavy atom. The van der Waals surface area contributed by atoms with Crippen LogP contribution in [0.25, 0.3) is 0 Å². The molecular formula is C11H12N6O3. The van der Waals surface area contributed by atoms with Gasteiger partial charge in [0.1, 0.15) is 0 Å². The van der Waals surface area contributed by atoms with Crippen LogP contribution in [0.2, 0.25) is 0 Å². The number of aryl methyl sites for hydroxylation is 1. The topological polar surface area (TPSA) is 113 Å². The summed E-state index contributed by atoms with van der Waals surface area (Å²) in [6, 6.07) is 5.62. The second-order valence-corrected chi connectivity index (χ2v) is 3.91. The first-order valence-electron chi connectivity index (χ1n) is 5.60. The number of rotatable bonds is 3. The molecule has 2 N–H and O–H groups in total. The maximum atomic E-state index is 12.0. The zero-order valence-corrected chi connectivity index (χ0v) is 10.8. The molecule has 0 aliphatic rings. The number of hydrogen-bond acceptors (Lipinski definition) is 5. The maximum Gasteiger partial charge on any atom is 0.337 e. The second kappa shape index (κ2) is 5.34. The molecule has 1 aromatic heterocycles. The summed E-state index contributed by atoms with van der Waals surface area (Å²) in [5.74, 6) is -1.07. The van der Waals surface area contributed by atoms with E-state index in [0.29, 0.717) is 0 Å². The third kappa shape index (κ3) is 2.71. The zero-order valence-electron chi connectivity index (χ0n) is 10.8. The Morgan fingerprint density at radius 3 is 2.65 bits per heavy atom. The highest BCUT2D eigenvalue weighted by molar-refractivity contribution is 6.05. The van der Waals surface area contributed by atoms with Crippen LogP contribution in [0, 0.1) is 0 Å². The van der Waals surface area contributed by atoms with Gasteiger partial charge in [-0.1, -0.05) is 17.2 Å². The van der Waals surface area contributed by atoms with Crippen molar-refractivity contribution in [2.45, 2.75) is 0 Å². The highest BCUT2D eigenvalue weighted by Crippen LogP contribution is 2.19. The van der Waals surface area contributed by atoms with E-state index in [1.807, 2.05) is 0 Å². The average Bonchev–Trinajstić information content (AvgIpc) is 2.83. The summed E-state index contributed by atoms with van der Waals surface area (Å²) >= 11 is 0. The second-order valence-electron chi connectivity index (χ2n) is 3.91. The summed E-state index contributed by atoms with van der Waals surface area (Å²) in [5, 5.41) is 22.5. The Bertz CT molecular complexity index is 653. The van der Waals surface area contributed by atoms with Gasteiger partial charge in [0, 0.05) is 7.05 Å². The minimum Gasteiger partial charge on any atom is -0.478 e. The molecule has 0 aliphatic carbocycles. The fraction of sp³-hybridized carbons (Fsp3) is 0.182. The summed E-state index contributed by atoms with van der Waals surface area (Å²) in [6.45, 7) is 0. The van der Waals surface area contributed by atoms with Crippen LogP contribution in [0.3, 0.4) is 0 Å². The minimum absolute atomic E-state index is 0.0252. The van der Waals surface area contributed by atoms with Crippen LogP contribution in [0.15, 0.2) is 24.3 Å². The Kier molecular flexibility index (Phi) is 3.60. The molecule has 1 heterocycles. The fourth-order valence-corrected chi connectivity index (χ4v) is 1.57. The standard InChI is InChI=1S/C11H12N6O3/c1-16(8-6-4-3-5-7(8)9(18)19)11(20)12-10-13-15-17(2)14-10/h3-6H,1-2H3,(H,18,19)(H,12,14,20). The number of nitrogens with one attached hydrogen (secondary N) is 1. The van der Waals surface area contributed by atoms with Crippen molar-refractivity contribution < 1.29 is 14.7 Å². The monoisotopic (exact) mass is 276 g/mol. The molecule has 104 valence electrons. The van der Waals surface area contributed by atoms with Crippen LogP contribution >= 0.6 is 0 Å². The number of aromatic carboxylic acids is 1. The quantitative estimate of drug-likeness (QED) is 0.847. The fourth-order valence-electron chi connectivity index (χ4n) is 1.57. The van der Waals surface area contributed by atoms with Crippen LogP contribution in [0.1, 0.15) is 10.4 Å². The van der Waals surface area contributed by atoms with E-state index in [0.717, 1.165) is 0 Å². The molecule has 0 saturated carbocycles. The molecule has 0 unspecified atom stereocenters. The predicted octanol–water partition coefficient (Wildman–Crippen LogP) is 0.577. The first-order valence-corrected chi connectivity index (χ1v) is 5.60. The predicted molar refractivity (Wildman–Crippen MR) is 69.6 cm³/mol. The largest absolute Gasteiger partial charge is 0.478 e. The van der Waals surface area contributed by atoms with E-state index < -0.39 is 12.0 Å². The first kappa shape index (κ1) is 13.5. The van der Waals surface area contributed by atoms with Crippen molar-refractivity contribution in [1.82, 2.24) is 20.2 Å². The van der Waals surface area contributed by atoms with Gasteiger partial charge in [-0.3, -0.25) is 10.2 Å². The molecule has 0 fully saturated rings. The van der Waals surface area contributed by atoms with Gasteiger partial charge in [0.05, 0.1) is 18.3 Å². The molecule has 2 rings (SSSR count). The smallest absolute Gasteiger partial charge is 0.337 e. The number of amides is 2. The summed E-state index contributed by atoms with van der Waals surface area (Å²) < 4.78 is 0. The van der Waals surface area contributed by atoms with Gasteiger partial charge in [0.25, 0.3) is 5.95 Å². The van der Waals surface area contributed by atoms with E-state index >= 15 is 0 Å². The highest BCUT2D eigenvalue weighted by atomic mass is 16.4.